The van der Waals surface area contributed by atoms with Gasteiger partial charge in [0.15, 0.2) is 0 Å². The van der Waals surface area contributed by atoms with Gasteiger partial charge < -0.3 is 9.84 Å². The van der Waals surface area contributed by atoms with Gasteiger partial charge in [0.2, 0.25) is 0 Å². The fourth-order valence-corrected chi connectivity index (χ4v) is 1.69. The highest BCUT2D eigenvalue weighted by molar-refractivity contribution is 6.30. The second-order valence-corrected chi connectivity index (χ2v) is 4.43. The summed E-state index contributed by atoms with van der Waals surface area (Å²) in [7, 11) is 0. The SMILES string of the molecule is C=C/C=C\C(=C/C)C(O)CCOc1ccc(Cl)cc1. The lowest BCUT2D eigenvalue weighted by atomic mass is 10.1. The molecule has 1 aromatic carbocycles. The van der Waals surface area contributed by atoms with E-state index in [0.29, 0.717) is 18.1 Å². The summed E-state index contributed by atoms with van der Waals surface area (Å²) in [6, 6.07) is 7.17. The van der Waals surface area contributed by atoms with Crippen LogP contribution in [0.2, 0.25) is 5.02 Å². The number of aliphatic hydroxyl groups is 1. The van der Waals surface area contributed by atoms with E-state index in [1.807, 2.05) is 31.2 Å². The number of hydrogen-bond acceptors (Lipinski definition) is 2. The minimum Gasteiger partial charge on any atom is -0.493 e. The van der Waals surface area contributed by atoms with Gasteiger partial charge >= 0.3 is 0 Å². The molecule has 0 aromatic heterocycles. The minimum absolute atomic E-state index is 0.446. The Labute approximate surface area is 119 Å². The van der Waals surface area contributed by atoms with Gasteiger partial charge in [0.1, 0.15) is 5.75 Å². The molecule has 0 saturated carbocycles. The van der Waals surface area contributed by atoms with Gasteiger partial charge in [0.05, 0.1) is 12.7 Å². The predicted octanol–water partition coefficient (Wildman–Crippen LogP) is 4.16. The van der Waals surface area contributed by atoms with Crippen molar-refractivity contribution in [2.24, 2.45) is 0 Å². The summed E-state index contributed by atoms with van der Waals surface area (Å²) in [5, 5.41) is 10.7. The zero-order valence-electron chi connectivity index (χ0n) is 11.1. The van der Waals surface area contributed by atoms with Gasteiger partial charge in [-0.3, -0.25) is 0 Å². The third kappa shape index (κ3) is 5.77. The van der Waals surface area contributed by atoms with E-state index in [2.05, 4.69) is 6.58 Å². The van der Waals surface area contributed by atoms with E-state index in [-0.39, 0.29) is 0 Å². The van der Waals surface area contributed by atoms with E-state index in [9.17, 15) is 5.11 Å². The van der Waals surface area contributed by atoms with Crippen LogP contribution in [0.25, 0.3) is 0 Å². The highest BCUT2D eigenvalue weighted by Gasteiger charge is 2.07. The van der Waals surface area contributed by atoms with Gasteiger partial charge in [-0.05, 0) is 36.8 Å². The van der Waals surface area contributed by atoms with Crippen molar-refractivity contribution in [2.45, 2.75) is 19.4 Å². The first-order valence-corrected chi connectivity index (χ1v) is 6.57. The highest BCUT2D eigenvalue weighted by atomic mass is 35.5. The minimum atomic E-state index is -0.534. The van der Waals surface area contributed by atoms with Crippen LogP contribution >= 0.6 is 11.6 Å². The molecule has 2 nitrogen and oxygen atoms in total. The van der Waals surface area contributed by atoms with Gasteiger partial charge in [-0.1, -0.05) is 42.5 Å². The Morgan fingerprint density at radius 1 is 1.42 bits per heavy atom. The monoisotopic (exact) mass is 278 g/mol. The molecule has 0 fully saturated rings. The molecule has 3 heteroatoms. The Balaban J connectivity index is 2.41. The molecular formula is C16H19ClO2. The van der Waals surface area contributed by atoms with Crippen LogP contribution in [-0.4, -0.2) is 17.8 Å². The van der Waals surface area contributed by atoms with Crippen molar-refractivity contribution in [1.82, 2.24) is 0 Å². The van der Waals surface area contributed by atoms with Gasteiger partial charge in [-0.2, -0.15) is 0 Å². The smallest absolute Gasteiger partial charge is 0.119 e. The zero-order valence-corrected chi connectivity index (χ0v) is 11.8. The molecule has 1 aromatic rings. The molecule has 1 N–H and O–H groups in total. The van der Waals surface area contributed by atoms with E-state index >= 15 is 0 Å². The summed E-state index contributed by atoms with van der Waals surface area (Å²) in [4.78, 5) is 0. The topological polar surface area (TPSA) is 29.5 Å². The fraction of sp³-hybridized carbons (Fsp3) is 0.250. The maximum absolute atomic E-state index is 10.0. The number of ether oxygens (including phenoxy) is 1. The third-order valence-electron chi connectivity index (χ3n) is 2.62. The molecule has 0 aliphatic carbocycles. The molecule has 0 saturated heterocycles. The van der Waals surface area contributed by atoms with Crippen LogP contribution in [0.4, 0.5) is 0 Å². The zero-order chi connectivity index (χ0) is 14.1. The molecule has 0 bridgehead atoms. The first-order valence-electron chi connectivity index (χ1n) is 6.19. The first kappa shape index (κ1) is 15.5. The maximum Gasteiger partial charge on any atom is 0.119 e. The lowest BCUT2D eigenvalue weighted by Crippen LogP contribution is -2.13. The van der Waals surface area contributed by atoms with Crippen LogP contribution in [0.3, 0.4) is 0 Å². The molecule has 0 aliphatic heterocycles. The van der Waals surface area contributed by atoms with E-state index in [0.717, 1.165) is 11.3 Å². The average molecular weight is 279 g/mol. The Kier molecular flexibility index (Phi) is 7.01. The normalized spacial score (nSPS) is 13.5. The Morgan fingerprint density at radius 2 is 2.11 bits per heavy atom. The number of rotatable bonds is 7. The van der Waals surface area contributed by atoms with Gasteiger partial charge in [0.25, 0.3) is 0 Å². The molecule has 102 valence electrons. The molecule has 0 heterocycles. The highest BCUT2D eigenvalue weighted by Crippen LogP contribution is 2.16. The largest absolute Gasteiger partial charge is 0.493 e. The summed E-state index contributed by atoms with van der Waals surface area (Å²) in [6.45, 7) is 5.95. The van der Waals surface area contributed by atoms with Gasteiger partial charge in [0, 0.05) is 11.4 Å². The second kappa shape index (κ2) is 8.57. The van der Waals surface area contributed by atoms with Crippen molar-refractivity contribution in [1.29, 1.82) is 0 Å². The molecule has 19 heavy (non-hydrogen) atoms. The van der Waals surface area contributed by atoms with Crippen LogP contribution in [0.5, 0.6) is 5.75 Å². The fourth-order valence-electron chi connectivity index (χ4n) is 1.56. The van der Waals surface area contributed by atoms with Crippen molar-refractivity contribution in [3.05, 3.63) is 65.7 Å². The summed E-state index contributed by atoms with van der Waals surface area (Å²) < 4.78 is 5.54. The lowest BCUT2D eigenvalue weighted by molar-refractivity contribution is 0.171. The van der Waals surface area contributed by atoms with Crippen molar-refractivity contribution in [3.63, 3.8) is 0 Å². The van der Waals surface area contributed by atoms with E-state index in [1.54, 1.807) is 24.3 Å². The number of allylic oxidation sites excluding steroid dienone is 3. The van der Waals surface area contributed by atoms with Crippen molar-refractivity contribution >= 4 is 11.6 Å². The van der Waals surface area contributed by atoms with Crippen molar-refractivity contribution in [2.75, 3.05) is 6.61 Å². The first-order chi connectivity index (χ1) is 9.17. The summed E-state index contributed by atoms with van der Waals surface area (Å²) in [6.07, 6.45) is 7.21. The Morgan fingerprint density at radius 3 is 2.68 bits per heavy atom. The summed E-state index contributed by atoms with van der Waals surface area (Å²) in [5.41, 5.74) is 0.861. The molecule has 0 aliphatic rings. The predicted molar refractivity (Wildman–Crippen MR) is 80.7 cm³/mol. The van der Waals surface area contributed by atoms with E-state index in [1.165, 1.54) is 0 Å². The van der Waals surface area contributed by atoms with Gasteiger partial charge in [-0.15, -0.1) is 0 Å². The molecule has 0 amide bonds. The van der Waals surface area contributed by atoms with Crippen LogP contribution in [-0.2, 0) is 0 Å². The van der Waals surface area contributed by atoms with Crippen LogP contribution < -0.4 is 4.74 Å². The second-order valence-electron chi connectivity index (χ2n) is 3.99. The molecular weight excluding hydrogens is 260 g/mol. The quantitative estimate of drug-likeness (QED) is 0.759. The summed E-state index contributed by atoms with van der Waals surface area (Å²) in [5.74, 6) is 0.750. The third-order valence-corrected chi connectivity index (χ3v) is 2.87. The van der Waals surface area contributed by atoms with E-state index in [4.69, 9.17) is 16.3 Å². The van der Waals surface area contributed by atoms with Crippen molar-refractivity contribution in [3.8, 4) is 5.75 Å². The van der Waals surface area contributed by atoms with E-state index < -0.39 is 6.10 Å². The number of aliphatic hydroxyl groups excluding tert-OH is 1. The standard InChI is InChI=1S/C16H19ClO2/c1-3-5-6-13(4-2)16(18)11-12-19-15-9-7-14(17)8-10-15/h3-10,16,18H,1,11-12H2,2H3/b6-5-,13-4+. The molecule has 1 atom stereocenters. The number of hydrogen-bond donors (Lipinski definition) is 1. The number of benzene rings is 1. The number of halogens is 1. The Bertz CT molecular complexity index is 446. The van der Waals surface area contributed by atoms with Crippen LogP contribution in [0.1, 0.15) is 13.3 Å². The average Bonchev–Trinajstić information content (AvgIpc) is 2.42. The molecule has 0 spiro atoms. The molecule has 1 unspecified atom stereocenters. The van der Waals surface area contributed by atoms with Crippen LogP contribution in [0.15, 0.2) is 60.7 Å². The molecule has 0 radical (unpaired) electrons. The Hall–Kier alpha value is -1.51. The van der Waals surface area contributed by atoms with Crippen molar-refractivity contribution < 1.29 is 9.84 Å². The van der Waals surface area contributed by atoms with Crippen LogP contribution in [0, 0.1) is 0 Å². The maximum atomic E-state index is 10.0. The molecule has 1 rings (SSSR count). The van der Waals surface area contributed by atoms with Gasteiger partial charge in [-0.25, -0.2) is 0 Å². The summed E-state index contributed by atoms with van der Waals surface area (Å²) >= 11 is 5.79. The lowest BCUT2D eigenvalue weighted by Gasteiger charge is -2.12.